The lowest BCUT2D eigenvalue weighted by molar-refractivity contribution is -0.122. The first kappa shape index (κ1) is 24.1. The van der Waals surface area contributed by atoms with Gasteiger partial charge in [0.05, 0.1) is 19.9 Å². The highest BCUT2D eigenvalue weighted by atomic mass is 32.1. The molecule has 174 valence electrons. The quantitative estimate of drug-likeness (QED) is 0.430. The van der Waals surface area contributed by atoms with E-state index < -0.39 is 0 Å². The molecule has 1 aliphatic heterocycles. The van der Waals surface area contributed by atoms with E-state index >= 15 is 0 Å². The molecule has 0 unspecified atom stereocenters. The van der Waals surface area contributed by atoms with Gasteiger partial charge >= 0.3 is 0 Å². The van der Waals surface area contributed by atoms with Crippen molar-refractivity contribution in [1.29, 1.82) is 0 Å². The fourth-order valence-electron chi connectivity index (χ4n) is 3.24. The highest BCUT2D eigenvalue weighted by Crippen LogP contribution is 2.30. The number of para-hydroxylation sites is 2. The number of ether oxygens (including phenoxy) is 3. The Morgan fingerprint density at radius 1 is 1.12 bits per heavy atom. The molecule has 0 atom stereocenters. The maximum atomic E-state index is 12.6. The van der Waals surface area contributed by atoms with Gasteiger partial charge in [-0.1, -0.05) is 32.0 Å². The van der Waals surface area contributed by atoms with E-state index in [4.69, 9.17) is 26.4 Å². The van der Waals surface area contributed by atoms with E-state index in [2.05, 4.69) is 10.6 Å². The molecule has 0 spiro atoms. The van der Waals surface area contributed by atoms with E-state index in [0.717, 1.165) is 5.56 Å². The number of hydrogen-bond donors (Lipinski definition) is 2. The smallest absolute Gasteiger partial charge is 0.276 e. The van der Waals surface area contributed by atoms with Crippen LogP contribution in [0.25, 0.3) is 6.08 Å². The summed E-state index contributed by atoms with van der Waals surface area (Å²) in [5, 5.41) is 6.12. The standard InChI is InChI=1S/C24H27N3O5S/c1-15(2)13-27-23(29)18(26-24(27)33)11-16-9-10-20(21(12-16)31-4)32-14-22(28)25-17-7-5-6-8-19(17)30-3/h5-12,15H,13-14H2,1-4H3,(H,25,28)(H,26,33)/b18-11+. The number of amides is 2. The second-order valence-electron chi connectivity index (χ2n) is 7.75. The highest BCUT2D eigenvalue weighted by Gasteiger charge is 2.30. The number of nitrogens with zero attached hydrogens (tertiary/aromatic N) is 1. The third-order valence-electron chi connectivity index (χ3n) is 4.75. The van der Waals surface area contributed by atoms with Gasteiger partial charge in [0.1, 0.15) is 11.4 Å². The molecule has 0 bridgehead atoms. The normalized spacial score (nSPS) is 14.5. The molecule has 2 amide bonds. The van der Waals surface area contributed by atoms with Crippen LogP contribution in [-0.2, 0) is 9.59 Å². The van der Waals surface area contributed by atoms with Gasteiger partial charge in [0.15, 0.2) is 23.2 Å². The Morgan fingerprint density at radius 2 is 1.85 bits per heavy atom. The van der Waals surface area contributed by atoms with E-state index in [1.54, 1.807) is 47.4 Å². The van der Waals surface area contributed by atoms with E-state index in [1.807, 2.05) is 19.9 Å². The highest BCUT2D eigenvalue weighted by molar-refractivity contribution is 7.80. The minimum absolute atomic E-state index is 0.166. The van der Waals surface area contributed by atoms with Crippen molar-refractivity contribution in [2.75, 3.05) is 32.7 Å². The first-order valence-electron chi connectivity index (χ1n) is 10.4. The van der Waals surface area contributed by atoms with Crippen LogP contribution in [0.2, 0.25) is 0 Å². The first-order valence-corrected chi connectivity index (χ1v) is 10.8. The predicted octanol–water partition coefficient (Wildman–Crippen LogP) is 3.43. The molecule has 0 radical (unpaired) electrons. The predicted molar refractivity (Wildman–Crippen MR) is 130 cm³/mol. The number of methoxy groups -OCH3 is 2. The SMILES string of the molecule is COc1ccccc1NC(=O)COc1ccc(/C=C2/NC(=S)N(CC(C)C)C2=O)cc1OC. The Morgan fingerprint density at radius 3 is 2.55 bits per heavy atom. The van der Waals surface area contributed by atoms with Crippen LogP contribution in [0.5, 0.6) is 17.2 Å². The summed E-state index contributed by atoms with van der Waals surface area (Å²) in [5.74, 6) is 1.18. The first-order chi connectivity index (χ1) is 15.8. The minimum Gasteiger partial charge on any atom is -0.495 e. The zero-order valence-corrected chi connectivity index (χ0v) is 19.8. The monoisotopic (exact) mass is 469 g/mol. The molecule has 0 saturated carbocycles. The maximum absolute atomic E-state index is 12.6. The Hall–Kier alpha value is -3.59. The topological polar surface area (TPSA) is 89.1 Å². The molecule has 1 fully saturated rings. The van der Waals surface area contributed by atoms with Gasteiger partial charge < -0.3 is 24.8 Å². The van der Waals surface area contributed by atoms with Crippen molar-refractivity contribution in [3.63, 3.8) is 0 Å². The van der Waals surface area contributed by atoms with E-state index in [0.29, 0.717) is 46.2 Å². The minimum atomic E-state index is -0.341. The molecule has 1 aliphatic rings. The summed E-state index contributed by atoms with van der Waals surface area (Å²) >= 11 is 5.28. The number of carbonyl (C=O) groups is 2. The third-order valence-corrected chi connectivity index (χ3v) is 5.07. The van der Waals surface area contributed by atoms with Crippen LogP contribution < -0.4 is 24.8 Å². The molecule has 2 N–H and O–H groups in total. The lowest BCUT2D eigenvalue weighted by Gasteiger charge is -2.16. The zero-order chi connectivity index (χ0) is 24.0. The average Bonchev–Trinajstić information content (AvgIpc) is 3.05. The summed E-state index contributed by atoms with van der Waals surface area (Å²) in [6.07, 6.45) is 1.70. The Bertz CT molecular complexity index is 1080. The van der Waals surface area contributed by atoms with E-state index in [-0.39, 0.29) is 18.4 Å². The van der Waals surface area contributed by atoms with Crippen molar-refractivity contribution < 1.29 is 23.8 Å². The van der Waals surface area contributed by atoms with Crippen LogP contribution in [0, 0.1) is 5.92 Å². The van der Waals surface area contributed by atoms with Gasteiger partial charge in [-0.05, 0) is 54.0 Å². The molecule has 1 heterocycles. The molecule has 9 heteroatoms. The largest absolute Gasteiger partial charge is 0.495 e. The van der Waals surface area contributed by atoms with Crippen LogP contribution in [-0.4, -0.2) is 49.2 Å². The van der Waals surface area contributed by atoms with Gasteiger partial charge in [-0.3, -0.25) is 14.5 Å². The Kier molecular flexibility index (Phi) is 7.89. The van der Waals surface area contributed by atoms with Crippen LogP contribution in [0.3, 0.4) is 0 Å². The summed E-state index contributed by atoms with van der Waals surface area (Å²) in [6, 6.07) is 12.3. The van der Waals surface area contributed by atoms with Crippen molar-refractivity contribution in [2.45, 2.75) is 13.8 Å². The summed E-state index contributed by atoms with van der Waals surface area (Å²) in [4.78, 5) is 26.5. The number of rotatable bonds is 9. The van der Waals surface area contributed by atoms with Crippen LogP contribution in [0.15, 0.2) is 48.2 Å². The third kappa shape index (κ3) is 6.01. The van der Waals surface area contributed by atoms with Gasteiger partial charge in [0, 0.05) is 6.54 Å². The average molecular weight is 470 g/mol. The van der Waals surface area contributed by atoms with Crippen molar-refractivity contribution in [2.24, 2.45) is 5.92 Å². The van der Waals surface area contributed by atoms with E-state index in [1.165, 1.54) is 14.2 Å². The van der Waals surface area contributed by atoms with Crippen LogP contribution in [0.4, 0.5) is 5.69 Å². The zero-order valence-electron chi connectivity index (χ0n) is 19.0. The molecule has 33 heavy (non-hydrogen) atoms. The van der Waals surface area contributed by atoms with Crippen molar-refractivity contribution >= 4 is 40.9 Å². The fourth-order valence-corrected chi connectivity index (χ4v) is 3.51. The number of anilines is 1. The number of nitrogens with one attached hydrogen (secondary N) is 2. The Labute approximate surface area is 198 Å². The molecular formula is C24H27N3O5S. The van der Waals surface area contributed by atoms with E-state index in [9.17, 15) is 9.59 Å². The summed E-state index contributed by atoms with van der Waals surface area (Å²) in [7, 11) is 3.04. The maximum Gasteiger partial charge on any atom is 0.276 e. The molecule has 0 aliphatic carbocycles. The van der Waals surface area contributed by atoms with Crippen molar-refractivity contribution in [1.82, 2.24) is 10.2 Å². The summed E-state index contributed by atoms with van der Waals surface area (Å²) < 4.78 is 16.3. The second-order valence-corrected chi connectivity index (χ2v) is 8.13. The molecule has 3 rings (SSSR count). The number of benzene rings is 2. The van der Waals surface area contributed by atoms with Gasteiger partial charge in [0.25, 0.3) is 11.8 Å². The second kappa shape index (κ2) is 10.8. The molecule has 2 aromatic carbocycles. The molecule has 2 aromatic rings. The van der Waals surface area contributed by atoms with Gasteiger partial charge in [-0.25, -0.2) is 0 Å². The summed E-state index contributed by atoms with van der Waals surface area (Å²) in [5.41, 5.74) is 1.68. The number of hydrogen-bond acceptors (Lipinski definition) is 6. The van der Waals surface area contributed by atoms with Crippen molar-refractivity contribution in [3.05, 3.63) is 53.7 Å². The molecule has 1 saturated heterocycles. The lowest BCUT2D eigenvalue weighted by atomic mass is 10.1. The summed E-state index contributed by atoms with van der Waals surface area (Å²) in [6.45, 7) is 4.39. The molecular weight excluding hydrogens is 442 g/mol. The van der Waals surface area contributed by atoms with Gasteiger partial charge in [-0.2, -0.15) is 0 Å². The van der Waals surface area contributed by atoms with Crippen LogP contribution in [0.1, 0.15) is 19.4 Å². The van der Waals surface area contributed by atoms with Gasteiger partial charge in [-0.15, -0.1) is 0 Å². The fraction of sp³-hybridized carbons (Fsp3) is 0.292. The number of thiocarbonyl (C=S) groups is 1. The lowest BCUT2D eigenvalue weighted by Crippen LogP contribution is -2.33. The van der Waals surface area contributed by atoms with Gasteiger partial charge in [0.2, 0.25) is 0 Å². The van der Waals surface area contributed by atoms with Crippen LogP contribution >= 0.6 is 12.2 Å². The van der Waals surface area contributed by atoms with Crippen molar-refractivity contribution in [3.8, 4) is 17.2 Å². The molecule has 0 aromatic heterocycles. The Balaban J connectivity index is 1.67. The molecule has 8 nitrogen and oxygen atoms in total. The number of carbonyl (C=O) groups excluding carboxylic acids is 2.